The average Bonchev–Trinajstić information content (AvgIpc) is 2.91. The summed E-state index contributed by atoms with van der Waals surface area (Å²) in [4.78, 5) is 15.7. The summed E-state index contributed by atoms with van der Waals surface area (Å²) in [6.07, 6.45) is 2.43. The first-order chi connectivity index (χ1) is 17.4. The van der Waals surface area contributed by atoms with E-state index in [1.165, 1.54) is 17.7 Å². The summed E-state index contributed by atoms with van der Waals surface area (Å²) in [6.45, 7) is 0. The molecule has 0 aliphatic rings. The molecule has 0 fully saturated rings. The van der Waals surface area contributed by atoms with Crippen molar-refractivity contribution in [2.24, 2.45) is 0 Å². The lowest BCUT2D eigenvalue weighted by atomic mass is 9.99. The normalized spacial score (nSPS) is 12.9. The molecule has 0 radical (unpaired) electrons. The second-order valence-electron chi connectivity index (χ2n) is 9.02. The van der Waals surface area contributed by atoms with Gasteiger partial charge in [-0.2, -0.15) is 0 Å². The van der Waals surface area contributed by atoms with Crippen molar-refractivity contribution in [3.05, 3.63) is 107 Å². The highest BCUT2D eigenvalue weighted by Crippen LogP contribution is 2.26. The predicted molar refractivity (Wildman–Crippen MR) is 139 cm³/mol. The van der Waals surface area contributed by atoms with Crippen molar-refractivity contribution in [1.82, 2.24) is 4.98 Å². The molecular weight excluding hydrogens is 454 g/mol. The maximum absolute atomic E-state index is 11.0. The van der Waals surface area contributed by atoms with Crippen molar-refractivity contribution < 1.29 is 24.9 Å². The standard InChI is InChI=1S/C30H31NO5/c1-36-25-15-8-20(9-16-25)4-2-3-5-28(32)24-13-12-22-14-17-26(31-27(22)19-24)29(33)18-21-6-10-23(11-7-21)30(34)35/h6-17,19,28-29,32-33H,2-5,18H2,1H3,(H,34,35). The smallest absolute Gasteiger partial charge is 0.335 e. The molecule has 1 aromatic heterocycles. The topological polar surface area (TPSA) is 99.9 Å². The van der Waals surface area contributed by atoms with E-state index < -0.39 is 18.2 Å². The van der Waals surface area contributed by atoms with Crippen molar-refractivity contribution in [1.29, 1.82) is 0 Å². The fourth-order valence-electron chi connectivity index (χ4n) is 4.28. The number of carboxylic acids is 1. The molecule has 0 amide bonds. The number of nitrogens with zero attached hydrogens (tertiary/aromatic N) is 1. The van der Waals surface area contributed by atoms with Gasteiger partial charge in [-0.05, 0) is 72.4 Å². The van der Waals surface area contributed by atoms with Gasteiger partial charge in [0.15, 0.2) is 0 Å². The fraction of sp³-hybridized carbons (Fsp3) is 0.267. The number of aryl methyl sites for hydroxylation is 1. The first kappa shape index (κ1) is 25.4. The molecule has 4 aromatic rings. The van der Waals surface area contributed by atoms with E-state index in [1.54, 1.807) is 25.3 Å². The number of aromatic carboxylic acids is 1. The van der Waals surface area contributed by atoms with Crippen LogP contribution in [-0.2, 0) is 12.8 Å². The lowest BCUT2D eigenvalue weighted by Gasteiger charge is -2.14. The van der Waals surface area contributed by atoms with Crippen LogP contribution in [0, 0.1) is 0 Å². The van der Waals surface area contributed by atoms with Crippen LogP contribution in [0.1, 0.15) is 64.2 Å². The maximum Gasteiger partial charge on any atom is 0.335 e. The summed E-state index contributed by atoms with van der Waals surface area (Å²) in [7, 11) is 1.66. The molecule has 6 heteroatoms. The first-order valence-corrected chi connectivity index (χ1v) is 12.1. The van der Waals surface area contributed by atoms with Gasteiger partial charge in [0, 0.05) is 11.8 Å². The van der Waals surface area contributed by atoms with E-state index >= 15 is 0 Å². The number of ether oxygens (including phenoxy) is 1. The van der Waals surface area contributed by atoms with E-state index in [-0.39, 0.29) is 5.56 Å². The van der Waals surface area contributed by atoms with E-state index in [2.05, 4.69) is 17.1 Å². The Hall–Kier alpha value is -3.74. The molecule has 0 spiro atoms. The number of unbranched alkanes of at least 4 members (excludes halogenated alkanes) is 1. The number of aromatic nitrogens is 1. The average molecular weight is 486 g/mol. The molecule has 2 atom stereocenters. The number of carboxylic acid groups (broad SMARTS) is 1. The summed E-state index contributed by atoms with van der Waals surface area (Å²) in [5.74, 6) is -0.127. The van der Waals surface area contributed by atoms with Crippen LogP contribution in [0.25, 0.3) is 10.9 Å². The van der Waals surface area contributed by atoms with E-state index in [0.717, 1.165) is 47.0 Å². The van der Waals surface area contributed by atoms with Crippen molar-refractivity contribution in [2.45, 2.75) is 44.3 Å². The second kappa shape index (κ2) is 11.8. The molecule has 0 aliphatic heterocycles. The van der Waals surface area contributed by atoms with Crippen LogP contribution in [0.5, 0.6) is 5.75 Å². The number of aliphatic hydroxyl groups is 2. The van der Waals surface area contributed by atoms with Gasteiger partial charge in [0.1, 0.15) is 5.75 Å². The van der Waals surface area contributed by atoms with E-state index in [1.807, 2.05) is 36.4 Å². The Balaban J connectivity index is 1.35. The van der Waals surface area contributed by atoms with Gasteiger partial charge in [0.05, 0.1) is 36.1 Å². The molecule has 0 saturated carbocycles. The van der Waals surface area contributed by atoms with Crippen LogP contribution in [-0.4, -0.2) is 33.4 Å². The molecule has 4 rings (SSSR count). The van der Waals surface area contributed by atoms with Crippen molar-refractivity contribution in [3.63, 3.8) is 0 Å². The van der Waals surface area contributed by atoms with Gasteiger partial charge in [-0.3, -0.25) is 4.98 Å². The number of aliphatic hydroxyl groups excluding tert-OH is 2. The quantitative estimate of drug-likeness (QED) is 0.237. The zero-order valence-corrected chi connectivity index (χ0v) is 20.3. The molecule has 0 saturated heterocycles. The van der Waals surface area contributed by atoms with Gasteiger partial charge in [-0.1, -0.05) is 48.9 Å². The van der Waals surface area contributed by atoms with Gasteiger partial charge in [0.25, 0.3) is 0 Å². The number of hydrogen-bond acceptors (Lipinski definition) is 5. The molecule has 2 unspecified atom stereocenters. The second-order valence-corrected chi connectivity index (χ2v) is 9.02. The molecule has 3 aromatic carbocycles. The SMILES string of the molecule is COc1ccc(CCCCC(O)c2ccc3ccc(C(O)Cc4ccc(C(=O)O)cc4)nc3c2)cc1. The van der Waals surface area contributed by atoms with Crippen LogP contribution >= 0.6 is 0 Å². The van der Waals surface area contributed by atoms with Crippen LogP contribution in [0.4, 0.5) is 0 Å². The molecule has 0 bridgehead atoms. The lowest BCUT2D eigenvalue weighted by Crippen LogP contribution is -2.05. The zero-order valence-electron chi connectivity index (χ0n) is 20.3. The highest BCUT2D eigenvalue weighted by atomic mass is 16.5. The summed E-state index contributed by atoms with van der Waals surface area (Å²) in [6, 6.07) is 24.0. The van der Waals surface area contributed by atoms with E-state index in [4.69, 9.17) is 9.84 Å². The van der Waals surface area contributed by atoms with Gasteiger partial charge in [-0.15, -0.1) is 0 Å². The van der Waals surface area contributed by atoms with Gasteiger partial charge < -0.3 is 20.1 Å². The molecule has 0 aliphatic carbocycles. The molecule has 1 heterocycles. The minimum atomic E-state index is -0.978. The molecule has 186 valence electrons. The predicted octanol–water partition coefficient (Wildman–Crippen LogP) is 5.66. The first-order valence-electron chi connectivity index (χ1n) is 12.1. The summed E-state index contributed by atoms with van der Waals surface area (Å²) in [5, 5.41) is 31.4. The Morgan fingerprint density at radius 3 is 2.25 bits per heavy atom. The van der Waals surface area contributed by atoms with Crippen LogP contribution < -0.4 is 4.74 Å². The summed E-state index contributed by atoms with van der Waals surface area (Å²) < 4.78 is 5.19. The monoisotopic (exact) mass is 485 g/mol. The minimum Gasteiger partial charge on any atom is -0.497 e. The highest BCUT2D eigenvalue weighted by Gasteiger charge is 2.14. The number of fused-ring (bicyclic) bond motifs is 1. The van der Waals surface area contributed by atoms with Crippen molar-refractivity contribution >= 4 is 16.9 Å². The van der Waals surface area contributed by atoms with Gasteiger partial charge in [-0.25, -0.2) is 4.79 Å². The van der Waals surface area contributed by atoms with E-state index in [0.29, 0.717) is 18.5 Å². The molecular formula is C30H31NO5. The maximum atomic E-state index is 11.0. The fourth-order valence-corrected chi connectivity index (χ4v) is 4.28. The third-order valence-corrected chi connectivity index (χ3v) is 6.45. The number of pyridine rings is 1. The largest absolute Gasteiger partial charge is 0.497 e. The van der Waals surface area contributed by atoms with Gasteiger partial charge in [0.2, 0.25) is 0 Å². The third kappa shape index (κ3) is 6.47. The van der Waals surface area contributed by atoms with Crippen LogP contribution in [0.3, 0.4) is 0 Å². The minimum absolute atomic E-state index is 0.212. The molecule has 3 N–H and O–H groups in total. The Bertz CT molecular complexity index is 1300. The Labute approximate surface area is 210 Å². The number of hydrogen-bond donors (Lipinski definition) is 3. The molecule has 36 heavy (non-hydrogen) atoms. The Morgan fingerprint density at radius 1 is 0.861 bits per heavy atom. The summed E-state index contributed by atoms with van der Waals surface area (Å²) >= 11 is 0. The van der Waals surface area contributed by atoms with E-state index in [9.17, 15) is 15.0 Å². The Morgan fingerprint density at radius 2 is 1.56 bits per heavy atom. The highest BCUT2D eigenvalue weighted by molar-refractivity contribution is 5.87. The van der Waals surface area contributed by atoms with Crippen LogP contribution in [0.15, 0.2) is 78.9 Å². The summed E-state index contributed by atoms with van der Waals surface area (Å²) in [5.41, 5.74) is 4.37. The number of benzene rings is 3. The lowest BCUT2D eigenvalue weighted by molar-refractivity contribution is 0.0697. The van der Waals surface area contributed by atoms with Gasteiger partial charge >= 0.3 is 5.97 Å². The number of carbonyl (C=O) groups is 1. The van der Waals surface area contributed by atoms with Crippen molar-refractivity contribution in [3.8, 4) is 5.75 Å². The van der Waals surface area contributed by atoms with Crippen LogP contribution in [0.2, 0.25) is 0 Å². The number of methoxy groups -OCH3 is 1. The third-order valence-electron chi connectivity index (χ3n) is 6.45. The Kier molecular flexibility index (Phi) is 8.31. The number of rotatable bonds is 11. The van der Waals surface area contributed by atoms with Crippen molar-refractivity contribution in [2.75, 3.05) is 7.11 Å². The zero-order chi connectivity index (χ0) is 25.5. The molecule has 6 nitrogen and oxygen atoms in total.